The number of nitrogens with one attached hydrogen (secondary N) is 1. The molecule has 0 unspecified atom stereocenters. The van der Waals surface area contributed by atoms with Crippen LogP contribution in [0.5, 0.6) is 0 Å². The number of hydrogen-bond donors (Lipinski definition) is 2. The molecule has 2 aromatic rings. The third-order valence-electron chi connectivity index (χ3n) is 4.79. The molecule has 0 radical (unpaired) electrons. The molecule has 0 atom stereocenters. The average Bonchev–Trinajstić information content (AvgIpc) is 3.56. The van der Waals surface area contributed by atoms with Crippen LogP contribution in [0.4, 0.5) is 11.5 Å². The van der Waals surface area contributed by atoms with Gasteiger partial charge in [-0.2, -0.15) is 0 Å². The number of hydrogen-bond acceptors (Lipinski definition) is 6. The van der Waals surface area contributed by atoms with Gasteiger partial charge in [-0.25, -0.2) is 9.97 Å². The number of carbonyl (C=O) groups is 2. The van der Waals surface area contributed by atoms with Gasteiger partial charge >= 0.3 is 5.97 Å². The van der Waals surface area contributed by atoms with Crippen LogP contribution in [0.2, 0.25) is 0 Å². The Morgan fingerprint density at radius 2 is 2.00 bits per heavy atom. The van der Waals surface area contributed by atoms with Crippen LogP contribution in [0.15, 0.2) is 41.6 Å². The molecule has 8 heteroatoms. The number of amides is 1. The summed E-state index contributed by atoms with van der Waals surface area (Å²) in [6.07, 6.45) is 5.83. The molecule has 1 saturated carbocycles. The van der Waals surface area contributed by atoms with Gasteiger partial charge in [0.05, 0.1) is 0 Å². The zero-order valence-corrected chi connectivity index (χ0v) is 18.0. The average molecular weight is 429 g/mol. The summed E-state index contributed by atoms with van der Waals surface area (Å²) in [5.74, 6) is 1.26. The largest absolute Gasteiger partial charge is 0.481 e. The van der Waals surface area contributed by atoms with Crippen molar-refractivity contribution in [1.29, 1.82) is 0 Å². The van der Waals surface area contributed by atoms with Crippen LogP contribution in [0.1, 0.15) is 49.5 Å². The third-order valence-corrected chi connectivity index (χ3v) is 5.89. The van der Waals surface area contributed by atoms with E-state index in [0.717, 1.165) is 41.9 Å². The van der Waals surface area contributed by atoms with E-state index in [9.17, 15) is 9.59 Å². The number of carboxylic acid groups (broad SMARTS) is 1. The first-order valence-electron chi connectivity index (χ1n) is 10.4. The van der Waals surface area contributed by atoms with Crippen molar-refractivity contribution in [3.63, 3.8) is 0 Å². The molecule has 1 fully saturated rings. The first-order chi connectivity index (χ1) is 14.5. The zero-order valence-electron chi connectivity index (χ0n) is 17.2. The third kappa shape index (κ3) is 7.02. The number of nitrogens with zero attached hydrogens (tertiary/aromatic N) is 3. The number of aliphatic carboxylic acids is 1. The van der Waals surface area contributed by atoms with Gasteiger partial charge in [-0.3, -0.25) is 9.59 Å². The lowest BCUT2D eigenvalue weighted by molar-refractivity contribution is -0.137. The lowest BCUT2D eigenvalue weighted by Gasteiger charge is -2.23. The van der Waals surface area contributed by atoms with Gasteiger partial charge in [0.2, 0.25) is 0 Å². The Morgan fingerprint density at radius 3 is 2.67 bits per heavy atom. The van der Waals surface area contributed by atoms with Gasteiger partial charge in [0.1, 0.15) is 17.8 Å². The second-order valence-electron chi connectivity index (χ2n) is 7.48. The van der Waals surface area contributed by atoms with Gasteiger partial charge in [0, 0.05) is 36.2 Å². The number of aromatic nitrogens is 2. The van der Waals surface area contributed by atoms with E-state index in [-0.39, 0.29) is 12.3 Å². The van der Waals surface area contributed by atoms with Crippen LogP contribution < -0.4 is 10.2 Å². The number of carboxylic acids is 1. The van der Waals surface area contributed by atoms with Gasteiger partial charge in [-0.15, -0.1) is 11.8 Å². The normalized spacial score (nSPS) is 13.1. The van der Waals surface area contributed by atoms with Crippen molar-refractivity contribution in [3.05, 3.63) is 42.4 Å². The highest BCUT2D eigenvalue weighted by Gasteiger charge is 2.25. The smallest absolute Gasteiger partial charge is 0.303 e. The summed E-state index contributed by atoms with van der Waals surface area (Å²) in [5, 5.41) is 11.6. The molecule has 1 amide bonds. The van der Waals surface area contributed by atoms with E-state index < -0.39 is 5.97 Å². The van der Waals surface area contributed by atoms with E-state index in [1.165, 1.54) is 19.2 Å². The second-order valence-corrected chi connectivity index (χ2v) is 8.64. The van der Waals surface area contributed by atoms with E-state index in [4.69, 9.17) is 5.11 Å². The first kappa shape index (κ1) is 22.1. The van der Waals surface area contributed by atoms with Crippen LogP contribution in [0.3, 0.4) is 0 Å². The van der Waals surface area contributed by atoms with E-state index in [0.29, 0.717) is 17.8 Å². The summed E-state index contributed by atoms with van der Waals surface area (Å²) >= 11 is 1.60. The molecule has 2 N–H and O–H groups in total. The summed E-state index contributed by atoms with van der Waals surface area (Å²) in [4.78, 5) is 35.0. The van der Waals surface area contributed by atoms with E-state index in [2.05, 4.69) is 27.1 Å². The molecule has 0 spiro atoms. The molecule has 7 nitrogen and oxygen atoms in total. The monoisotopic (exact) mass is 428 g/mol. The van der Waals surface area contributed by atoms with Gasteiger partial charge in [-0.05, 0) is 61.6 Å². The maximum absolute atomic E-state index is 12.7. The Labute approximate surface area is 181 Å². The standard InChI is InChI=1S/C22H28N4O3S/c1-2-11-26(14-16-5-6-16)20-13-19(23-15-24-20)22(29)25-17-7-9-18(10-8-17)30-12-3-4-21(27)28/h7-10,13,15-16H,2-6,11-12,14H2,1H3,(H,25,29)(H,27,28). The molecule has 160 valence electrons. The highest BCUT2D eigenvalue weighted by Crippen LogP contribution is 2.31. The molecule has 0 bridgehead atoms. The molecule has 0 saturated heterocycles. The van der Waals surface area contributed by atoms with Crippen molar-refractivity contribution in [1.82, 2.24) is 9.97 Å². The lowest BCUT2D eigenvalue weighted by atomic mass is 10.2. The van der Waals surface area contributed by atoms with Crippen molar-refractivity contribution in [3.8, 4) is 0 Å². The maximum Gasteiger partial charge on any atom is 0.303 e. The number of benzene rings is 1. The van der Waals surface area contributed by atoms with Crippen molar-refractivity contribution in [2.24, 2.45) is 5.92 Å². The van der Waals surface area contributed by atoms with Crippen LogP contribution in [-0.2, 0) is 4.79 Å². The highest BCUT2D eigenvalue weighted by atomic mass is 32.2. The number of thioether (sulfide) groups is 1. The van der Waals surface area contributed by atoms with Gasteiger partial charge in [-0.1, -0.05) is 6.92 Å². The molecular formula is C22H28N4O3S. The fraction of sp³-hybridized carbons (Fsp3) is 0.455. The fourth-order valence-corrected chi connectivity index (χ4v) is 3.92. The van der Waals surface area contributed by atoms with Crippen LogP contribution in [-0.4, -0.2) is 45.8 Å². The van der Waals surface area contributed by atoms with E-state index in [1.807, 2.05) is 24.3 Å². The number of carbonyl (C=O) groups excluding carboxylic acids is 1. The summed E-state index contributed by atoms with van der Waals surface area (Å²) < 4.78 is 0. The minimum absolute atomic E-state index is 0.179. The predicted octanol–water partition coefficient (Wildman–Crippen LogP) is 4.31. The fourth-order valence-electron chi connectivity index (χ4n) is 3.07. The SMILES string of the molecule is CCCN(CC1CC1)c1cc(C(=O)Nc2ccc(SCCCC(=O)O)cc2)ncn1. The predicted molar refractivity (Wildman–Crippen MR) is 119 cm³/mol. The second kappa shape index (κ2) is 11.0. The molecule has 1 heterocycles. The summed E-state index contributed by atoms with van der Waals surface area (Å²) in [6, 6.07) is 9.29. The molecule has 1 aromatic heterocycles. The minimum Gasteiger partial charge on any atom is -0.481 e. The molecule has 1 aromatic carbocycles. The Kier molecular flexibility index (Phi) is 8.07. The maximum atomic E-state index is 12.7. The quantitative estimate of drug-likeness (QED) is 0.384. The lowest BCUT2D eigenvalue weighted by Crippen LogP contribution is -2.28. The molecule has 3 rings (SSSR count). The number of anilines is 2. The van der Waals surface area contributed by atoms with Gasteiger partial charge in [0.25, 0.3) is 5.91 Å². The van der Waals surface area contributed by atoms with Gasteiger partial charge in [0.15, 0.2) is 0 Å². The summed E-state index contributed by atoms with van der Waals surface area (Å²) in [6.45, 7) is 4.04. The van der Waals surface area contributed by atoms with Crippen LogP contribution >= 0.6 is 11.8 Å². The Morgan fingerprint density at radius 1 is 1.23 bits per heavy atom. The molecule has 0 aliphatic heterocycles. The van der Waals surface area contributed by atoms with E-state index >= 15 is 0 Å². The highest BCUT2D eigenvalue weighted by molar-refractivity contribution is 7.99. The zero-order chi connectivity index (χ0) is 21.3. The molecular weight excluding hydrogens is 400 g/mol. The first-order valence-corrected chi connectivity index (χ1v) is 11.4. The molecule has 1 aliphatic rings. The number of rotatable bonds is 12. The molecule has 1 aliphatic carbocycles. The van der Waals surface area contributed by atoms with Crippen molar-refractivity contribution in [2.75, 3.05) is 29.1 Å². The Hall–Kier alpha value is -2.61. The van der Waals surface area contributed by atoms with Crippen molar-refractivity contribution in [2.45, 2.75) is 43.9 Å². The van der Waals surface area contributed by atoms with Crippen molar-refractivity contribution >= 4 is 35.1 Å². The minimum atomic E-state index is -0.771. The van der Waals surface area contributed by atoms with Crippen LogP contribution in [0, 0.1) is 5.92 Å². The van der Waals surface area contributed by atoms with Gasteiger partial charge < -0.3 is 15.3 Å². The van der Waals surface area contributed by atoms with Crippen LogP contribution in [0.25, 0.3) is 0 Å². The Balaban J connectivity index is 1.56. The van der Waals surface area contributed by atoms with E-state index in [1.54, 1.807) is 17.8 Å². The molecule has 30 heavy (non-hydrogen) atoms. The van der Waals surface area contributed by atoms with Crippen molar-refractivity contribution < 1.29 is 14.7 Å². The topological polar surface area (TPSA) is 95.4 Å². The Bertz CT molecular complexity index is 856. The summed E-state index contributed by atoms with van der Waals surface area (Å²) in [7, 11) is 0. The summed E-state index contributed by atoms with van der Waals surface area (Å²) in [5.41, 5.74) is 1.04.